The first-order valence-corrected chi connectivity index (χ1v) is 8.80. The number of halogens is 2. The van der Waals surface area contributed by atoms with Crippen molar-refractivity contribution in [2.75, 3.05) is 11.9 Å². The highest BCUT2D eigenvalue weighted by Crippen LogP contribution is 2.19. The van der Waals surface area contributed by atoms with Gasteiger partial charge < -0.3 is 11.1 Å². The fraction of sp³-hybridized carbons (Fsp3) is 0.300. The van der Waals surface area contributed by atoms with Crippen LogP contribution in [0.4, 0.5) is 5.69 Å². The van der Waals surface area contributed by atoms with E-state index >= 15 is 0 Å². The molecule has 0 aliphatic heterocycles. The summed E-state index contributed by atoms with van der Waals surface area (Å²) in [6.07, 6.45) is 6.46. The van der Waals surface area contributed by atoms with E-state index in [9.17, 15) is 4.79 Å². The molecule has 0 aliphatic carbocycles. The van der Waals surface area contributed by atoms with Crippen LogP contribution in [0.1, 0.15) is 32.1 Å². The Labute approximate surface area is 172 Å². The number of carbonyl (C=O) groups is 1. The van der Waals surface area contributed by atoms with Crippen LogP contribution in [-0.2, 0) is 4.79 Å². The van der Waals surface area contributed by atoms with Gasteiger partial charge in [0.05, 0.1) is 11.0 Å². The molecule has 0 unspecified atom stereocenters. The largest absolute Gasteiger partial charge is 0.330 e. The number of nitrogens with zero attached hydrogens (tertiary/aromatic N) is 2. The maximum Gasteiger partial charge on any atom is 0.224 e. The van der Waals surface area contributed by atoms with Gasteiger partial charge in [0.25, 0.3) is 0 Å². The molecule has 1 amide bonds. The summed E-state index contributed by atoms with van der Waals surface area (Å²) in [6.45, 7) is 0.727. The third kappa shape index (κ3) is 6.24. The Morgan fingerprint density at radius 1 is 0.963 bits per heavy atom. The number of fused-ring (bicyclic) bond motifs is 1. The van der Waals surface area contributed by atoms with Crippen molar-refractivity contribution < 1.29 is 4.79 Å². The zero-order chi connectivity index (χ0) is 17.5. The lowest BCUT2D eigenvalue weighted by Gasteiger charge is -2.08. The average Bonchev–Trinajstić information content (AvgIpc) is 3.06. The molecule has 1 aromatic heterocycles. The van der Waals surface area contributed by atoms with Crippen molar-refractivity contribution in [3.8, 4) is 5.69 Å². The topological polar surface area (TPSA) is 72.9 Å². The van der Waals surface area contributed by atoms with E-state index in [0.29, 0.717) is 6.42 Å². The van der Waals surface area contributed by atoms with Crippen molar-refractivity contribution in [2.24, 2.45) is 5.73 Å². The van der Waals surface area contributed by atoms with Crippen molar-refractivity contribution in [3.05, 3.63) is 54.9 Å². The van der Waals surface area contributed by atoms with Gasteiger partial charge >= 0.3 is 0 Å². The predicted octanol–water partition coefficient (Wildman–Crippen LogP) is 4.72. The molecule has 3 rings (SSSR count). The fourth-order valence-corrected chi connectivity index (χ4v) is 2.88. The molecule has 3 aromatic rings. The summed E-state index contributed by atoms with van der Waals surface area (Å²) in [7, 11) is 0. The number of anilines is 1. The van der Waals surface area contributed by atoms with Crippen molar-refractivity contribution in [3.63, 3.8) is 0 Å². The molecule has 0 fully saturated rings. The van der Waals surface area contributed by atoms with Crippen LogP contribution in [-0.4, -0.2) is 22.0 Å². The van der Waals surface area contributed by atoms with Crippen LogP contribution in [0.15, 0.2) is 54.9 Å². The highest BCUT2D eigenvalue weighted by Gasteiger charge is 2.05. The molecule has 27 heavy (non-hydrogen) atoms. The summed E-state index contributed by atoms with van der Waals surface area (Å²) in [5.74, 6) is 0.0635. The minimum absolute atomic E-state index is 0. The number of carbonyl (C=O) groups excluding carboxylic acids is 1. The molecule has 1 heterocycles. The van der Waals surface area contributed by atoms with Crippen LogP contribution in [0.2, 0.25) is 0 Å². The zero-order valence-corrected chi connectivity index (χ0v) is 16.8. The minimum Gasteiger partial charge on any atom is -0.330 e. The number of nitrogens with one attached hydrogen (secondary N) is 1. The number of nitrogens with two attached hydrogens (primary N) is 1. The number of aromatic nitrogens is 2. The van der Waals surface area contributed by atoms with E-state index in [1.807, 2.05) is 59.4 Å². The highest BCUT2D eigenvalue weighted by atomic mass is 35.5. The van der Waals surface area contributed by atoms with Gasteiger partial charge in [-0.2, -0.15) is 0 Å². The average molecular weight is 409 g/mol. The first-order chi connectivity index (χ1) is 12.3. The molecule has 5 nitrogen and oxygen atoms in total. The molecule has 0 atom stereocenters. The van der Waals surface area contributed by atoms with Crippen LogP contribution >= 0.6 is 24.8 Å². The van der Waals surface area contributed by atoms with Gasteiger partial charge in [0.2, 0.25) is 5.91 Å². The van der Waals surface area contributed by atoms with E-state index < -0.39 is 0 Å². The van der Waals surface area contributed by atoms with Gasteiger partial charge in [-0.15, -0.1) is 24.8 Å². The molecule has 0 saturated heterocycles. The summed E-state index contributed by atoms with van der Waals surface area (Å²) in [4.78, 5) is 16.4. The lowest BCUT2D eigenvalue weighted by molar-refractivity contribution is -0.116. The number of benzene rings is 2. The van der Waals surface area contributed by atoms with Gasteiger partial charge in [-0.05, 0) is 55.8 Å². The molecular formula is C20H26Cl2N4O. The van der Waals surface area contributed by atoms with Gasteiger partial charge in [-0.3, -0.25) is 9.36 Å². The monoisotopic (exact) mass is 408 g/mol. The second kappa shape index (κ2) is 11.6. The Kier molecular flexibility index (Phi) is 9.86. The Morgan fingerprint density at radius 2 is 1.67 bits per heavy atom. The molecule has 0 saturated carbocycles. The Hall–Kier alpha value is -2.08. The fourth-order valence-electron chi connectivity index (χ4n) is 2.88. The smallest absolute Gasteiger partial charge is 0.224 e. The summed E-state index contributed by atoms with van der Waals surface area (Å²) in [5.41, 5.74) is 9.34. The van der Waals surface area contributed by atoms with Crippen LogP contribution in [0.3, 0.4) is 0 Å². The third-order valence-corrected chi connectivity index (χ3v) is 4.24. The quantitative estimate of drug-likeness (QED) is 0.529. The van der Waals surface area contributed by atoms with Gasteiger partial charge in [0, 0.05) is 17.8 Å². The van der Waals surface area contributed by atoms with E-state index in [1.165, 1.54) is 0 Å². The summed E-state index contributed by atoms with van der Waals surface area (Å²) in [6, 6.07) is 15.9. The summed E-state index contributed by atoms with van der Waals surface area (Å²) < 4.78 is 2.04. The number of hydrogen-bond donors (Lipinski definition) is 2. The molecule has 0 radical (unpaired) electrons. The van der Waals surface area contributed by atoms with Gasteiger partial charge in [-0.1, -0.05) is 25.0 Å². The van der Waals surface area contributed by atoms with E-state index in [2.05, 4.69) is 10.3 Å². The number of hydrogen-bond acceptors (Lipinski definition) is 3. The predicted molar refractivity (Wildman–Crippen MR) is 116 cm³/mol. The van der Waals surface area contributed by atoms with Crippen LogP contribution in [0.5, 0.6) is 0 Å². The van der Waals surface area contributed by atoms with E-state index in [1.54, 1.807) is 0 Å². The van der Waals surface area contributed by atoms with Crippen molar-refractivity contribution in [1.29, 1.82) is 0 Å². The third-order valence-electron chi connectivity index (χ3n) is 4.24. The molecule has 146 valence electrons. The standard InChI is InChI=1S/C20H24N4O.2ClH/c21-14-6-2-1-3-9-20(25)23-16-10-12-17(13-11-16)24-15-22-18-7-4-5-8-19(18)24;;/h4-5,7-8,10-13,15H,1-3,6,9,14,21H2,(H,23,25);2*1H. The number of amides is 1. The van der Waals surface area contributed by atoms with Gasteiger partial charge in [-0.25, -0.2) is 4.98 Å². The van der Waals surface area contributed by atoms with E-state index in [-0.39, 0.29) is 30.7 Å². The Balaban J connectivity index is 0.00000182. The molecule has 2 aromatic carbocycles. The second-order valence-corrected chi connectivity index (χ2v) is 6.15. The lowest BCUT2D eigenvalue weighted by Crippen LogP contribution is -2.11. The van der Waals surface area contributed by atoms with Crippen molar-refractivity contribution >= 4 is 47.4 Å². The number of imidazole rings is 1. The zero-order valence-electron chi connectivity index (χ0n) is 15.1. The maximum atomic E-state index is 12.0. The maximum absolute atomic E-state index is 12.0. The number of para-hydroxylation sites is 2. The first-order valence-electron chi connectivity index (χ1n) is 8.80. The molecular weight excluding hydrogens is 383 g/mol. The Morgan fingerprint density at radius 3 is 2.41 bits per heavy atom. The molecule has 7 heteroatoms. The molecule has 0 bridgehead atoms. The van der Waals surface area contributed by atoms with Crippen LogP contribution in [0, 0.1) is 0 Å². The highest BCUT2D eigenvalue weighted by molar-refractivity contribution is 5.90. The summed E-state index contributed by atoms with van der Waals surface area (Å²) >= 11 is 0. The molecule has 0 spiro atoms. The first kappa shape index (κ1) is 23.0. The number of unbranched alkanes of at least 4 members (excludes halogenated alkanes) is 3. The Bertz CT molecular complexity index is 833. The summed E-state index contributed by atoms with van der Waals surface area (Å²) in [5, 5.41) is 2.95. The lowest BCUT2D eigenvalue weighted by atomic mass is 10.1. The van der Waals surface area contributed by atoms with Crippen molar-refractivity contribution in [1.82, 2.24) is 9.55 Å². The van der Waals surface area contributed by atoms with Crippen LogP contribution in [0.25, 0.3) is 16.7 Å². The molecule has 0 aliphatic rings. The SMILES string of the molecule is Cl.Cl.NCCCCCCC(=O)Nc1ccc(-n2cnc3ccccc32)cc1. The van der Waals surface area contributed by atoms with Crippen LogP contribution < -0.4 is 11.1 Å². The van der Waals surface area contributed by atoms with E-state index in [0.717, 1.165) is 54.6 Å². The normalized spacial score (nSPS) is 10.1. The van der Waals surface area contributed by atoms with E-state index in [4.69, 9.17) is 5.73 Å². The van der Waals surface area contributed by atoms with Gasteiger partial charge in [0.1, 0.15) is 6.33 Å². The van der Waals surface area contributed by atoms with Gasteiger partial charge in [0.15, 0.2) is 0 Å². The number of rotatable bonds is 8. The van der Waals surface area contributed by atoms with Crippen molar-refractivity contribution in [2.45, 2.75) is 32.1 Å². The molecule has 3 N–H and O–H groups in total. The minimum atomic E-state index is 0. The second-order valence-electron chi connectivity index (χ2n) is 6.15.